The summed E-state index contributed by atoms with van der Waals surface area (Å²) in [4.78, 5) is 13.9. The van der Waals surface area contributed by atoms with Crippen LogP contribution in [0.1, 0.15) is 20.3 Å². The predicted octanol–water partition coefficient (Wildman–Crippen LogP) is -0.208. The number of hydrogen-bond acceptors (Lipinski definition) is 3. The molecule has 4 heteroatoms. The van der Waals surface area contributed by atoms with Crippen LogP contribution < -0.4 is 11.1 Å². The second-order valence-electron chi connectivity index (χ2n) is 4.03. The van der Waals surface area contributed by atoms with Crippen LogP contribution in [0, 0.1) is 5.92 Å². The summed E-state index contributed by atoms with van der Waals surface area (Å²) < 4.78 is 0. The van der Waals surface area contributed by atoms with E-state index in [4.69, 9.17) is 5.73 Å². The van der Waals surface area contributed by atoms with Crippen LogP contribution in [0.2, 0.25) is 0 Å². The molecule has 14 heavy (non-hydrogen) atoms. The first-order valence-corrected chi connectivity index (χ1v) is 5.40. The van der Waals surface area contributed by atoms with Gasteiger partial charge in [-0.25, -0.2) is 0 Å². The van der Waals surface area contributed by atoms with E-state index in [0.717, 1.165) is 26.1 Å². The average molecular weight is 199 g/mol. The largest absolute Gasteiger partial charge is 0.354 e. The maximum Gasteiger partial charge on any atom is 0.237 e. The van der Waals surface area contributed by atoms with Gasteiger partial charge in [0.25, 0.3) is 0 Å². The minimum absolute atomic E-state index is 0.0186. The van der Waals surface area contributed by atoms with Crippen LogP contribution in [0.3, 0.4) is 0 Å². The molecule has 1 rings (SSSR count). The first kappa shape index (κ1) is 11.5. The highest BCUT2D eigenvalue weighted by atomic mass is 16.2. The van der Waals surface area contributed by atoms with Crippen molar-refractivity contribution in [1.82, 2.24) is 10.2 Å². The normalized spacial score (nSPS) is 29.8. The molecule has 0 aliphatic carbocycles. The molecule has 82 valence electrons. The molecule has 0 aromatic carbocycles. The van der Waals surface area contributed by atoms with Crippen LogP contribution in [-0.2, 0) is 4.79 Å². The lowest BCUT2D eigenvalue weighted by molar-refractivity contribution is -0.125. The first-order chi connectivity index (χ1) is 6.69. The number of hydrogen-bond donors (Lipinski definition) is 2. The van der Waals surface area contributed by atoms with Crippen molar-refractivity contribution in [3.05, 3.63) is 0 Å². The van der Waals surface area contributed by atoms with Crippen molar-refractivity contribution in [2.75, 3.05) is 26.2 Å². The van der Waals surface area contributed by atoms with E-state index in [1.54, 1.807) is 0 Å². The van der Waals surface area contributed by atoms with Crippen molar-refractivity contribution in [3.63, 3.8) is 0 Å². The highest BCUT2D eigenvalue weighted by Gasteiger charge is 2.28. The van der Waals surface area contributed by atoms with Crippen LogP contribution in [0.25, 0.3) is 0 Å². The van der Waals surface area contributed by atoms with E-state index < -0.39 is 0 Å². The molecule has 0 aromatic rings. The molecule has 0 spiro atoms. The van der Waals surface area contributed by atoms with Crippen molar-refractivity contribution in [2.24, 2.45) is 11.7 Å². The van der Waals surface area contributed by atoms with Crippen molar-refractivity contribution in [1.29, 1.82) is 0 Å². The van der Waals surface area contributed by atoms with Crippen molar-refractivity contribution in [3.8, 4) is 0 Å². The quantitative estimate of drug-likeness (QED) is 0.661. The van der Waals surface area contributed by atoms with E-state index >= 15 is 0 Å². The molecule has 1 amide bonds. The standard InChI is InChI=1S/C10H21N3O/c1-3-13-7-8(2)6-12-10(14)9(13)4-5-11/h8-9H,3-7,11H2,1-2H3,(H,12,14). The summed E-state index contributed by atoms with van der Waals surface area (Å²) in [6.45, 7) is 7.52. The van der Waals surface area contributed by atoms with Gasteiger partial charge in [0.05, 0.1) is 6.04 Å². The Balaban J connectivity index is 2.68. The Bertz CT molecular complexity index is 196. The summed E-state index contributed by atoms with van der Waals surface area (Å²) >= 11 is 0. The molecule has 3 N–H and O–H groups in total. The zero-order valence-electron chi connectivity index (χ0n) is 9.12. The summed E-state index contributed by atoms with van der Waals surface area (Å²) in [7, 11) is 0. The monoisotopic (exact) mass is 199 g/mol. The van der Waals surface area contributed by atoms with Crippen LogP contribution in [0.15, 0.2) is 0 Å². The fourth-order valence-electron chi connectivity index (χ4n) is 1.97. The van der Waals surface area contributed by atoms with Gasteiger partial charge >= 0.3 is 0 Å². The number of carbonyl (C=O) groups excluding carboxylic acids is 1. The molecule has 2 atom stereocenters. The summed E-state index contributed by atoms with van der Waals surface area (Å²) in [6.07, 6.45) is 0.756. The highest BCUT2D eigenvalue weighted by Crippen LogP contribution is 2.11. The Morgan fingerprint density at radius 3 is 2.93 bits per heavy atom. The van der Waals surface area contributed by atoms with Gasteiger partial charge in [-0.3, -0.25) is 9.69 Å². The zero-order valence-corrected chi connectivity index (χ0v) is 9.12. The van der Waals surface area contributed by atoms with Crippen LogP contribution in [0.5, 0.6) is 0 Å². The smallest absolute Gasteiger partial charge is 0.237 e. The Morgan fingerprint density at radius 2 is 2.36 bits per heavy atom. The molecule has 0 bridgehead atoms. The van der Waals surface area contributed by atoms with E-state index in [9.17, 15) is 4.79 Å². The zero-order chi connectivity index (χ0) is 10.6. The van der Waals surface area contributed by atoms with Gasteiger partial charge in [-0.05, 0) is 25.4 Å². The third-order valence-corrected chi connectivity index (χ3v) is 2.76. The Labute approximate surface area is 85.8 Å². The van der Waals surface area contributed by atoms with Gasteiger partial charge in [0.1, 0.15) is 0 Å². The molecule has 2 unspecified atom stereocenters. The molecule has 0 saturated carbocycles. The molecule has 1 heterocycles. The second-order valence-corrected chi connectivity index (χ2v) is 4.03. The lowest BCUT2D eigenvalue weighted by Crippen LogP contribution is -2.45. The molecular weight excluding hydrogens is 178 g/mol. The fourth-order valence-corrected chi connectivity index (χ4v) is 1.97. The van der Waals surface area contributed by atoms with Crippen LogP contribution >= 0.6 is 0 Å². The average Bonchev–Trinajstić information content (AvgIpc) is 2.31. The van der Waals surface area contributed by atoms with Gasteiger partial charge in [0.2, 0.25) is 5.91 Å². The van der Waals surface area contributed by atoms with Gasteiger partial charge < -0.3 is 11.1 Å². The Kier molecular flexibility index (Phi) is 4.35. The Hall–Kier alpha value is -0.610. The molecule has 1 fully saturated rings. The van der Waals surface area contributed by atoms with Gasteiger partial charge in [-0.15, -0.1) is 0 Å². The topological polar surface area (TPSA) is 58.4 Å². The van der Waals surface area contributed by atoms with Crippen LogP contribution in [-0.4, -0.2) is 43.0 Å². The summed E-state index contributed by atoms with van der Waals surface area (Å²) in [6, 6.07) is -0.0186. The maximum absolute atomic E-state index is 11.7. The Morgan fingerprint density at radius 1 is 1.64 bits per heavy atom. The third kappa shape index (κ3) is 2.69. The minimum Gasteiger partial charge on any atom is -0.354 e. The van der Waals surface area contributed by atoms with Gasteiger partial charge in [-0.2, -0.15) is 0 Å². The van der Waals surface area contributed by atoms with Crippen molar-refractivity contribution in [2.45, 2.75) is 26.3 Å². The fraction of sp³-hybridized carbons (Fsp3) is 0.900. The number of carbonyl (C=O) groups is 1. The molecule has 1 aliphatic heterocycles. The molecule has 1 aliphatic rings. The van der Waals surface area contributed by atoms with E-state index in [1.165, 1.54) is 0 Å². The number of rotatable bonds is 3. The van der Waals surface area contributed by atoms with Crippen molar-refractivity contribution < 1.29 is 4.79 Å². The SMILES string of the molecule is CCN1CC(C)CNC(=O)C1CCN. The van der Waals surface area contributed by atoms with E-state index in [0.29, 0.717) is 12.5 Å². The number of nitrogens with one attached hydrogen (secondary N) is 1. The molecule has 0 radical (unpaired) electrons. The summed E-state index contributed by atoms with van der Waals surface area (Å²) in [5.41, 5.74) is 5.52. The summed E-state index contributed by atoms with van der Waals surface area (Å²) in [5, 5.41) is 2.96. The molecular formula is C10H21N3O. The number of amides is 1. The van der Waals surface area contributed by atoms with Gasteiger partial charge in [0, 0.05) is 13.1 Å². The lowest BCUT2D eigenvalue weighted by Gasteiger charge is -2.27. The maximum atomic E-state index is 11.7. The van der Waals surface area contributed by atoms with Crippen molar-refractivity contribution >= 4 is 5.91 Å². The molecule has 4 nitrogen and oxygen atoms in total. The lowest BCUT2D eigenvalue weighted by atomic mass is 10.1. The molecule has 1 saturated heterocycles. The van der Waals surface area contributed by atoms with E-state index in [2.05, 4.69) is 24.1 Å². The highest BCUT2D eigenvalue weighted by molar-refractivity contribution is 5.82. The second kappa shape index (κ2) is 5.32. The van der Waals surface area contributed by atoms with Gasteiger partial charge in [-0.1, -0.05) is 13.8 Å². The molecule has 0 aromatic heterocycles. The minimum atomic E-state index is -0.0186. The summed E-state index contributed by atoms with van der Waals surface area (Å²) in [5.74, 6) is 0.670. The number of nitrogens with two attached hydrogens (primary N) is 1. The van der Waals surface area contributed by atoms with E-state index in [1.807, 2.05) is 0 Å². The predicted molar refractivity (Wildman–Crippen MR) is 56.9 cm³/mol. The van der Waals surface area contributed by atoms with Crippen LogP contribution in [0.4, 0.5) is 0 Å². The first-order valence-electron chi connectivity index (χ1n) is 5.40. The third-order valence-electron chi connectivity index (χ3n) is 2.76. The number of likely N-dealkylation sites (N-methyl/N-ethyl adjacent to an activating group) is 1. The number of nitrogens with zero attached hydrogens (tertiary/aromatic N) is 1. The van der Waals surface area contributed by atoms with E-state index in [-0.39, 0.29) is 11.9 Å². The van der Waals surface area contributed by atoms with Gasteiger partial charge in [0.15, 0.2) is 0 Å².